The number of benzene rings is 1. The van der Waals surface area contributed by atoms with Gasteiger partial charge in [0.25, 0.3) is 5.91 Å². The minimum Gasteiger partial charge on any atom is -0.494 e. The van der Waals surface area contributed by atoms with Crippen LogP contribution in [-0.4, -0.2) is 41.1 Å². The lowest BCUT2D eigenvalue weighted by molar-refractivity contribution is -0.120. The maximum atomic E-state index is 12.0. The van der Waals surface area contributed by atoms with Gasteiger partial charge in [-0.2, -0.15) is 0 Å². The Bertz CT molecular complexity index is 638. The van der Waals surface area contributed by atoms with Crippen LogP contribution in [0.5, 0.6) is 5.75 Å². The lowest BCUT2D eigenvalue weighted by atomic mass is 10.2. The Hall–Kier alpha value is -2.83. The molecule has 0 atom stereocenters. The highest BCUT2D eigenvalue weighted by molar-refractivity contribution is 5.96. The molecule has 2 aromatic rings. The highest BCUT2D eigenvalue weighted by atomic mass is 16.5. The molecule has 0 saturated carbocycles. The number of aromatic nitrogens is 2. The first-order valence-corrected chi connectivity index (χ1v) is 7.92. The SMILES string of the molecule is CCOc1ccc(C(=O)NCC(=O)NCCCn2ccnc2)cc1. The molecular formula is C17H22N4O3. The molecule has 0 radical (unpaired) electrons. The zero-order valence-corrected chi connectivity index (χ0v) is 13.7. The van der Waals surface area contributed by atoms with E-state index in [0.29, 0.717) is 24.5 Å². The van der Waals surface area contributed by atoms with Crippen molar-refractivity contribution in [1.82, 2.24) is 20.2 Å². The second-order valence-corrected chi connectivity index (χ2v) is 5.14. The first-order chi connectivity index (χ1) is 11.7. The second kappa shape index (κ2) is 9.34. The zero-order chi connectivity index (χ0) is 17.2. The van der Waals surface area contributed by atoms with Crippen LogP contribution in [-0.2, 0) is 11.3 Å². The molecule has 0 bridgehead atoms. The molecule has 1 aromatic heterocycles. The number of imidazole rings is 1. The van der Waals surface area contributed by atoms with Crippen molar-refractivity contribution in [3.8, 4) is 5.75 Å². The monoisotopic (exact) mass is 330 g/mol. The van der Waals surface area contributed by atoms with Crippen molar-refractivity contribution in [2.75, 3.05) is 19.7 Å². The number of nitrogens with one attached hydrogen (secondary N) is 2. The third-order valence-electron chi connectivity index (χ3n) is 3.31. The molecule has 128 valence electrons. The summed E-state index contributed by atoms with van der Waals surface area (Å²) >= 11 is 0. The predicted molar refractivity (Wildman–Crippen MR) is 89.8 cm³/mol. The molecule has 2 amide bonds. The van der Waals surface area contributed by atoms with E-state index in [9.17, 15) is 9.59 Å². The minimum absolute atomic E-state index is 0.0445. The fourth-order valence-corrected chi connectivity index (χ4v) is 2.10. The zero-order valence-electron chi connectivity index (χ0n) is 13.7. The Labute approximate surface area is 141 Å². The maximum absolute atomic E-state index is 12.0. The van der Waals surface area contributed by atoms with E-state index in [1.807, 2.05) is 17.7 Å². The van der Waals surface area contributed by atoms with Crippen molar-refractivity contribution in [2.45, 2.75) is 19.9 Å². The van der Waals surface area contributed by atoms with E-state index in [1.165, 1.54) is 0 Å². The van der Waals surface area contributed by atoms with E-state index >= 15 is 0 Å². The van der Waals surface area contributed by atoms with Crippen molar-refractivity contribution in [1.29, 1.82) is 0 Å². The number of rotatable bonds is 9. The lowest BCUT2D eigenvalue weighted by Crippen LogP contribution is -2.37. The van der Waals surface area contributed by atoms with Crippen molar-refractivity contribution >= 4 is 11.8 Å². The summed E-state index contributed by atoms with van der Waals surface area (Å²) in [6, 6.07) is 6.80. The first kappa shape index (κ1) is 17.5. The molecule has 0 spiro atoms. The van der Waals surface area contributed by atoms with Crippen LogP contribution in [0.2, 0.25) is 0 Å². The molecule has 0 aliphatic rings. The van der Waals surface area contributed by atoms with Crippen molar-refractivity contribution in [3.63, 3.8) is 0 Å². The Morgan fingerprint density at radius 2 is 2.00 bits per heavy atom. The van der Waals surface area contributed by atoms with Crippen LogP contribution >= 0.6 is 0 Å². The van der Waals surface area contributed by atoms with Gasteiger partial charge in [-0.3, -0.25) is 9.59 Å². The molecule has 2 N–H and O–H groups in total. The van der Waals surface area contributed by atoms with Gasteiger partial charge in [0.1, 0.15) is 5.75 Å². The minimum atomic E-state index is -0.286. The van der Waals surface area contributed by atoms with Gasteiger partial charge in [0.2, 0.25) is 5.91 Å². The molecule has 0 aliphatic carbocycles. The molecule has 0 fully saturated rings. The van der Waals surface area contributed by atoms with Crippen LogP contribution < -0.4 is 15.4 Å². The van der Waals surface area contributed by atoms with Gasteiger partial charge in [-0.05, 0) is 37.6 Å². The Balaban J connectivity index is 1.64. The van der Waals surface area contributed by atoms with Crippen LogP contribution in [0.4, 0.5) is 0 Å². The van der Waals surface area contributed by atoms with E-state index in [2.05, 4.69) is 15.6 Å². The van der Waals surface area contributed by atoms with Crippen LogP contribution in [0.25, 0.3) is 0 Å². The summed E-state index contributed by atoms with van der Waals surface area (Å²) in [4.78, 5) is 27.6. The largest absolute Gasteiger partial charge is 0.494 e. The Kier molecular flexibility index (Phi) is 6.82. The van der Waals surface area contributed by atoms with Gasteiger partial charge in [-0.15, -0.1) is 0 Å². The molecular weight excluding hydrogens is 308 g/mol. The van der Waals surface area contributed by atoms with Gasteiger partial charge in [0.05, 0.1) is 19.5 Å². The fourth-order valence-electron chi connectivity index (χ4n) is 2.10. The van der Waals surface area contributed by atoms with Gasteiger partial charge in [0.15, 0.2) is 0 Å². The van der Waals surface area contributed by atoms with Crippen molar-refractivity contribution < 1.29 is 14.3 Å². The normalized spacial score (nSPS) is 10.2. The molecule has 1 heterocycles. The van der Waals surface area contributed by atoms with Gasteiger partial charge < -0.3 is 19.9 Å². The van der Waals surface area contributed by atoms with Crippen LogP contribution in [0.1, 0.15) is 23.7 Å². The summed E-state index contributed by atoms with van der Waals surface area (Å²) in [6.45, 7) is 3.77. The summed E-state index contributed by atoms with van der Waals surface area (Å²) < 4.78 is 7.26. The Morgan fingerprint density at radius 1 is 1.21 bits per heavy atom. The molecule has 1 aromatic carbocycles. The van der Waals surface area contributed by atoms with E-state index in [1.54, 1.807) is 36.8 Å². The number of carbonyl (C=O) groups excluding carboxylic acids is 2. The average Bonchev–Trinajstić information content (AvgIpc) is 3.11. The quantitative estimate of drug-likeness (QED) is 0.677. The third-order valence-corrected chi connectivity index (χ3v) is 3.31. The maximum Gasteiger partial charge on any atom is 0.251 e. The highest BCUT2D eigenvalue weighted by Crippen LogP contribution is 2.11. The topological polar surface area (TPSA) is 85.2 Å². The number of ether oxygens (including phenoxy) is 1. The van der Waals surface area contributed by atoms with Crippen molar-refractivity contribution in [2.24, 2.45) is 0 Å². The van der Waals surface area contributed by atoms with Crippen LogP contribution in [0.3, 0.4) is 0 Å². The molecule has 0 aliphatic heterocycles. The standard InChI is InChI=1S/C17H22N4O3/c1-2-24-15-6-4-14(5-7-15)17(23)20-12-16(22)19-8-3-10-21-11-9-18-13-21/h4-7,9,11,13H,2-3,8,10,12H2,1H3,(H,19,22)(H,20,23). The van der Waals surface area contributed by atoms with Gasteiger partial charge >= 0.3 is 0 Å². The van der Waals surface area contributed by atoms with E-state index in [4.69, 9.17) is 4.74 Å². The smallest absolute Gasteiger partial charge is 0.251 e. The summed E-state index contributed by atoms with van der Waals surface area (Å²) in [5.41, 5.74) is 0.492. The fraction of sp³-hybridized carbons (Fsp3) is 0.353. The molecule has 7 heteroatoms. The summed E-state index contributed by atoms with van der Waals surface area (Å²) in [7, 11) is 0. The third kappa shape index (κ3) is 5.75. The number of nitrogens with zero attached hydrogens (tertiary/aromatic N) is 2. The molecule has 24 heavy (non-hydrogen) atoms. The molecule has 2 rings (SSSR count). The lowest BCUT2D eigenvalue weighted by Gasteiger charge is -2.08. The van der Waals surface area contributed by atoms with Gasteiger partial charge in [-0.1, -0.05) is 0 Å². The highest BCUT2D eigenvalue weighted by Gasteiger charge is 2.08. The van der Waals surface area contributed by atoms with Crippen LogP contribution in [0.15, 0.2) is 43.0 Å². The van der Waals surface area contributed by atoms with Gasteiger partial charge in [-0.25, -0.2) is 4.98 Å². The first-order valence-electron chi connectivity index (χ1n) is 7.92. The predicted octanol–water partition coefficient (Wildman–Crippen LogP) is 1.22. The summed E-state index contributed by atoms with van der Waals surface area (Å²) in [5, 5.41) is 5.37. The van der Waals surface area contributed by atoms with E-state index < -0.39 is 0 Å². The number of hydrogen-bond acceptors (Lipinski definition) is 4. The van der Waals surface area contributed by atoms with Crippen molar-refractivity contribution in [3.05, 3.63) is 48.5 Å². The number of hydrogen-bond donors (Lipinski definition) is 2. The Morgan fingerprint density at radius 3 is 2.67 bits per heavy atom. The summed E-state index contributed by atoms with van der Waals surface area (Å²) in [5.74, 6) is 0.219. The molecule has 0 unspecified atom stereocenters. The van der Waals surface area contributed by atoms with E-state index in [-0.39, 0.29) is 18.4 Å². The molecule has 7 nitrogen and oxygen atoms in total. The molecule has 0 saturated heterocycles. The average molecular weight is 330 g/mol. The van der Waals surface area contributed by atoms with E-state index in [0.717, 1.165) is 13.0 Å². The van der Waals surface area contributed by atoms with Gasteiger partial charge in [0, 0.05) is 31.0 Å². The summed E-state index contributed by atoms with van der Waals surface area (Å²) in [6.07, 6.45) is 6.13. The van der Waals surface area contributed by atoms with Crippen LogP contribution in [0, 0.1) is 0 Å². The number of amides is 2. The second-order valence-electron chi connectivity index (χ2n) is 5.14. The number of carbonyl (C=O) groups is 2. The number of aryl methyl sites for hydroxylation is 1.